The smallest absolute Gasteiger partial charge is 0.0237 e. The first kappa shape index (κ1) is 26.5. The van der Waals surface area contributed by atoms with Crippen molar-refractivity contribution in [1.29, 1.82) is 0 Å². The van der Waals surface area contributed by atoms with Crippen LogP contribution < -0.4 is 5.73 Å². The van der Waals surface area contributed by atoms with Crippen molar-refractivity contribution in [1.82, 2.24) is 4.90 Å². The predicted molar refractivity (Wildman–Crippen MR) is 151 cm³/mol. The average molecular weight is 607 g/mol. The zero-order valence-corrected chi connectivity index (χ0v) is 23.1. The molecule has 0 bridgehead atoms. The van der Waals surface area contributed by atoms with Gasteiger partial charge in [0.1, 0.15) is 0 Å². The minimum absolute atomic E-state index is 0.726. The molecule has 2 aromatic rings. The predicted octanol–water partition coefficient (Wildman–Crippen LogP) is 6.77. The third-order valence-electron chi connectivity index (χ3n) is 4.42. The van der Waals surface area contributed by atoms with E-state index < -0.39 is 0 Å². The Morgan fingerprint density at radius 3 is 1.60 bits per heavy atom. The van der Waals surface area contributed by atoms with Crippen LogP contribution in [0.3, 0.4) is 0 Å². The molecule has 0 aliphatic heterocycles. The molecule has 0 radical (unpaired) electrons. The SMILES string of the molecule is NCCSSCCN(CCC(=S)c1ccc(Br)cc1)CCC(=S)c1ccc(Br)cc1. The van der Waals surface area contributed by atoms with Gasteiger partial charge in [0, 0.05) is 56.4 Å². The third-order valence-corrected chi connectivity index (χ3v) is 8.77. The second kappa shape index (κ2) is 15.1. The van der Waals surface area contributed by atoms with E-state index in [9.17, 15) is 0 Å². The van der Waals surface area contributed by atoms with Gasteiger partial charge in [-0.3, -0.25) is 0 Å². The van der Waals surface area contributed by atoms with Gasteiger partial charge in [0.2, 0.25) is 0 Å². The zero-order valence-electron chi connectivity index (χ0n) is 16.7. The van der Waals surface area contributed by atoms with Crippen LogP contribution >= 0.6 is 77.9 Å². The van der Waals surface area contributed by atoms with Gasteiger partial charge in [-0.2, -0.15) is 0 Å². The molecule has 162 valence electrons. The van der Waals surface area contributed by atoms with Crippen molar-refractivity contribution in [2.45, 2.75) is 12.8 Å². The molecule has 0 heterocycles. The first-order valence-corrected chi connectivity index (χ1v) is 14.6. The van der Waals surface area contributed by atoms with E-state index in [-0.39, 0.29) is 0 Å². The highest BCUT2D eigenvalue weighted by molar-refractivity contribution is 9.10. The quantitative estimate of drug-likeness (QED) is 0.111. The first-order valence-electron chi connectivity index (χ1n) is 9.74. The molecule has 0 aliphatic rings. The van der Waals surface area contributed by atoms with Crippen molar-refractivity contribution in [2.75, 3.05) is 37.7 Å². The summed E-state index contributed by atoms with van der Waals surface area (Å²) in [5.74, 6) is 2.06. The highest BCUT2D eigenvalue weighted by atomic mass is 79.9. The summed E-state index contributed by atoms with van der Waals surface area (Å²) in [6.07, 6.45) is 1.76. The summed E-state index contributed by atoms with van der Waals surface area (Å²) in [7, 11) is 3.73. The van der Waals surface area contributed by atoms with Gasteiger partial charge < -0.3 is 10.6 Å². The highest BCUT2D eigenvalue weighted by Gasteiger charge is 2.10. The lowest BCUT2D eigenvalue weighted by Crippen LogP contribution is -2.30. The number of thiocarbonyl (C=S) groups is 2. The van der Waals surface area contributed by atoms with Gasteiger partial charge in [0.05, 0.1) is 0 Å². The fourth-order valence-corrected chi connectivity index (χ4v) is 5.61. The van der Waals surface area contributed by atoms with Crippen molar-refractivity contribution in [2.24, 2.45) is 5.73 Å². The van der Waals surface area contributed by atoms with Crippen LogP contribution in [0.5, 0.6) is 0 Å². The molecule has 0 aliphatic carbocycles. The Hall–Kier alpha value is 0.200. The van der Waals surface area contributed by atoms with Crippen LogP contribution in [0, 0.1) is 0 Å². The van der Waals surface area contributed by atoms with Crippen LogP contribution in [-0.4, -0.2) is 52.3 Å². The summed E-state index contributed by atoms with van der Waals surface area (Å²) in [5, 5.41) is 0. The van der Waals surface area contributed by atoms with Crippen LogP contribution in [0.15, 0.2) is 57.5 Å². The molecule has 8 heteroatoms. The van der Waals surface area contributed by atoms with E-state index in [4.69, 9.17) is 30.2 Å². The lowest BCUT2D eigenvalue weighted by Gasteiger charge is -2.22. The van der Waals surface area contributed by atoms with Gasteiger partial charge in [-0.25, -0.2) is 0 Å². The number of rotatable bonds is 14. The Bertz CT molecular complexity index is 736. The van der Waals surface area contributed by atoms with Crippen molar-refractivity contribution in [3.63, 3.8) is 0 Å². The molecular formula is C22H26Br2N2S4. The number of hydrogen-bond donors (Lipinski definition) is 1. The van der Waals surface area contributed by atoms with Crippen LogP contribution in [0.25, 0.3) is 0 Å². The molecule has 0 spiro atoms. The summed E-state index contributed by atoms with van der Waals surface area (Å²) >= 11 is 18.3. The average Bonchev–Trinajstić information content (AvgIpc) is 2.75. The lowest BCUT2D eigenvalue weighted by molar-refractivity contribution is 0.309. The molecule has 2 aromatic carbocycles. The van der Waals surface area contributed by atoms with Crippen LogP contribution in [0.4, 0.5) is 0 Å². The fourth-order valence-electron chi connectivity index (χ4n) is 2.75. The molecular weight excluding hydrogens is 580 g/mol. The van der Waals surface area contributed by atoms with Crippen LogP contribution in [0.1, 0.15) is 24.0 Å². The monoisotopic (exact) mass is 604 g/mol. The number of nitrogens with zero attached hydrogens (tertiary/aromatic N) is 1. The summed E-state index contributed by atoms with van der Waals surface area (Å²) in [5.41, 5.74) is 7.84. The standard InChI is InChI=1S/C22H26Br2N2S4/c23-19-5-1-17(2-6-19)21(27)9-12-26(14-16-30-29-15-11-25)13-10-22(28)18-3-7-20(24)8-4-18/h1-8H,9-16,25H2. The molecule has 2 nitrogen and oxygen atoms in total. The Morgan fingerprint density at radius 2 is 1.17 bits per heavy atom. The van der Waals surface area contributed by atoms with E-state index in [1.807, 2.05) is 45.9 Å². The van der Waals surface area contributed by atoms with E-state index in [1.165, 1.54) is 0 Å². The molecule has 0 saturated carbocycles. The molecule has 0 fully saturated rings. The molecule has 0 aromatic heterocycles. The maximum absolute atomic E-state index is 5.68. The lowest BCUT2D eigenvalue weighted by atomic mass is 10.1. The zero-order chi connectivity index (χ0) is 21.8. The third kappa shape index (κ3) is 10.2. The highest BCUT2D eigenvalue weighted by Crippen LogP contribution is 2.20. The van der Waals surface area contributed by atoms with Gasteiger partial charge in [-0.15, -0.1) is 0 Å². The Labute approximate surface area is 215 Å². The number of benzene rings is 2. The molecule has 2 rings (SSSR count). The largest absolute Gasteiger partial charge is 0.330 e. The van der Waals surface area contributed by atoms with Gasteiger partial charge in [-0.05, 0) is 48.2 Å². The fraction of sp³-hybridized carbons (Fsp3) is 0.364. The molecule has 2 N–H and O–H groups in total. The summed E-state index contributed by atoms with van der Waals surface area (Å²) in [6.45, 7) is 3.64. The van der Waals surface area contributed by atoms with E-state index in [0.29, 0.717) is 0 Å². The molecule has 0 amide bonds. The molecule has 30 heavy (non-hydrogen) atoms. The van der Waals surface area contributed by atoms with Gasteiger partial charge in [0.15, 0.2) is 0 Å². The van der Waals surface area contributed by atoms with Crippen molar-refractivity contribution >= 4 is 87.6 Å². The van der Waals surface area contributed by atoms with Gasteiger partial charge >= 0.3 is 0 Å². The van der Waals surface area contributed by atoms with E-state index in [1.54, 1.807) is 0 Å². The maximum atomic E-state index is 5.68. The Balaban J connectivity index is 1.88. The molecule has 0 atom stereocenters. The van der Waals surface area contributed by atoms with E-state index in [2.05, 4.69) is 61.0 Å². The van der Waals surface area contributed by atoms with Crippen LogP contribution in [0.2, 0.25) is 0 Å². The molecule has 0 saturated heterocycles. The Kier molecular flexibility index (Phi) is 13.3. The van der Waals surface area contributed by atoms with E-state index in [0.717, 1.165) is 80.3 Å². The minimum atomic E-state index is 0.726. The second-order valence-electron chi connectivity index (χ2n) is 6.63. The first-order chi connectivity index (χ1) is 14.5. The summed E-state index contributed by atoms with van der Waals surface area (Å²) in [4.78, 5) is 4.49. The maximum Gasteiger partial charge on any atom is 0.0237 e. The topological polar surface area (TPSA) is 29.3 Å². The van der Waals surface area contributed by atoms with E-state index >= 15 is 0 Å². The number of nitrogens with two attached hydrogens (primary N) is 1. The summed E-state index contributed by atoms with van der Waals surface area (Å²) < 4.78 is 2.15. The van der Waals surface area contributed by atoms with Crippen LogP contribution in [-0.2, 0) is 0 Å². The number of halogens is 2. The van der Waals surface area contributed by atoms with Crippen molar-refractivity contribution < 1.29 is 0 Å². The number of hydrogen-bond acceptors (Lipinski definition) is 6. The van der Waals surface area contributed by atoms with Gasteiger partial charge in [0.25, 0.3) is 0 Å². The second-order valence-corrected chi connectivity index (χ2v) is 12.2. The van der Waals surface area contributed by atoms with Crippen molar-refractivity contribution in [3.05, 3.63) is 68.6 Å². The van der Waals surface area contributed by atoms with Gasteiger partial charge in [-0.1, -0.05) is 102 Å². The molecule has 0 unspecified atom stereocenters. The Morgan fingerprint density at radius 1 is 0.733 bits per heavy atom. The van der Waals surface area contributed by atoms with Crippen molar-refractivity contribution in [3.8, 4) is 0 Å². The summed E-state index contributed by atoms with van der Waals surface area (Å²) in [6, 6.07) is 16.5. The minimum Gasteiger partial charge on any atom is -0.330 e. The normalized spacial score (nSPS) is 11.1.